The number of carbonyl (C=O) groups excluding carboxylic acids is 1. The zero-order valence-corrected chi connectivity index (χ0v) is 12.3. The van der Waals surface area contributed by atoms with E-state index in [-0.39, 0.29) is 24.6 Å². The molecule has 1 aromatic heterocycles. The average Bonchev–Trinajstić information content (AvgIpc) is 2.90. The minimum Gasteiger partial charge on any atom is -0.493 e. The molecule has 0 aliphatic heterocycles. The Bertz CT molecular complexity index is 656. The number of halogens is 2. The van der Waals surface area contributed by atoms with Gasteiger partial charge in [0, 0.05) is 0 Å². The van der Waals surface area contributed by atoms with E-state index in [0.29, 0.717) is 4.68 Å². The molecule has 1 amide bonds. The molecule has 0 fully saturated rings. The predicted octanol–water partition coefficient (Wildman–Crippen LogP) is 3.30. The van der Waals surface area contributed by atoms with Crippen LogP contribution in [-0.2, 0) is 4.79 Å². The van der Waals surface area contributed by atoms with Crippen molar-refractivity contribution in [2.45, 2.75) is 26.8 Å². The summed E-state index contributed by atoms with van der Waals surface area (Å²) < 4.78 is 30.7. The van der Waals surface area contributed by atoms with Crippen LogP contribution in [0.1, 0.15) is 24.1 Å². The number of aryl methyl sites for hydroxylation is 2. The number of alkyl halides is 2. The van der Waals surface area contributed by atoms with Crippen LogP contribution in [0, 0.1) is 13.8 Å². The number of aromatic nitrogens is 2. The average molecular weight is 309 g/mol. The number of hydrogen-bond donors (Lipinski definition) is 1. The Balaban J connectivity index is 1.80. The van der Waals surface area contributed by atoms with E-state index >= 15 is 0 Å². The number of nitrogens with one attached hydrogen (secondary N) is 1. The van der Waals surface area contributed by atoms with Crippen LogP contribution in [0.5, 0.6) is 5.75 Å². The first-order valence-electron chi connectivity index (χ1n) is 6.78. The zero-order valence-electron chi connectivity index (χ0n) is 12.3. The van der Waals surface area contributed by atoms with Crippen LogP contribution in [0.3, 0.4) is 0 Å². The van der Waals surface area contributed by atoms with E-state index in [4.69, 9.17) is 4.74 Å². The SMILES string of the molecule is Cc1ccc(OCCC(=O)Nc2cnn(C(F)F)c2)c(C)c1. The number of ether oxygens (including phenoxy) is 1. The smallest absolute Gasteiger partial charge is 0.333 e. The molecule has 1 aromatic carbocycles. The van der Waals surface area contributed by atoms with Gasteiger partial charge in [-0.3, -0.25) is 4.79 Å². The Morgan fingerprint density at radius 1 is 1.41 bits per heavy atom. The molecule has 0 atom stereocenters. The van der Waals surface area contributed by atoms with Crippen molar-refractivity contribution in [3.63, 3.8) is 0 Å². The monoisotopic (exact) mass is 309 g/mol. The van der Waals surface area contributed by atoms with Crippen LogP contribution in [0.4, 0.5) is 14.5 Å². The summed E-state index contributed by atoms with van der Waals surface area (Å²) in [5.74, 6) is 0.405. The van der Waals surface area contributed by atoms with Crippen LogP contribution in [0.25, 0.3) is 0 Å². The Labute approximate surface area is 126 Å². The first kappa shape index (κ1) is 15.9. The number of rotatable bonds is 6. The van der Waals surface area contributed by atoms with Gasteiger partial charge >= 0.3 is 6.55 Å². The van der Waals surface area contributed by atoms with Gasteiger partial charge in [-0.2, -0.15) is 13.9 Å². The Morgan fingerprint density at radius 2 is 2.18 bits per heavy atom. The maximum atomic E-state index is 12.3. The molecule has 0 aliphatic rings. The van der Waals surface area contributed by atoms with Gasteiger partial charge in [-0.05, 0) is 25.5 Å². The first-order valence-corrected chi connectivity index (χ1v) is 6.78. The number of nitrogens with zero attached hydrogens (tertiary/aromatic N) is 2. The summed E-state index contributed by atoms with van der Waals surface area (Å²) in [5.41, 5.74) is 2.37. The molecule has 1 N–H and O–H groups in total. The predicted molar refractivity (Wildman–Crippen MR) is 78.1 cm³/mol. The van der Waals surface area contributed by atoms with E-state index in [1.165, 1.54) is 6.20 Å². The molecule has 0 aliphatic carbocycles. The normalized spacial score (nSPS) is 10.8. The van der Waals surface area contributed by atoms with E-state index in [0.717, 1.165) is 23.1 Å². The van der Waals surface area contributed by atoms with Crippen molar-refractivity contribution in [1.29, 1.82) is 0 Å². The highest BCUT2D eigenvalue weighted by molar-refractivity contribution is 5.90. The Morgan fingerprint density at radius 3 is 2.82 bits per heavy atom. The van der Waals surface area contributed by atoms with E-state index in [1.54, 1.807) is 0 Å². The number of anilines is 1. The van der Waals surface area contributed by atoms with Gasteiger partial charge in [-0.1, -0.05) is 17.7 Å². The molecular weight excluding hydrogens is 292 g/mol. The van der Waals surface area contributed by atoms with E-state index < -0.39 is 6.55 Å². The second kappa shape index (κ2) is 7.02. The highest BCUT2D eigenvalue weighted by Gasteiger charge is 2.10. The molecule has 22 heavy (non-hydrogen) atoms. The highest BCUT2D eigenvalue weighted by Crippen LogP contribution is 2.19. The van der Waals surface area contributed by atoms with E-state index in [2.05, 4.69) is 10.4 Å². The summed E-state index contributed by atoms with van der Waals surface area (Å²) in [6.45, 7) is 1.41. The second-order valence-corrected chi connectivity index (χ2v) is 4.90. The third-order valence-electron chi connectivity index (χ3n) is 3.00. The molecule has 0 radical (unpaired) electrons. The molecule has 7 heteroatoms. The largest absolute Gasteiger partial charge is 0.493 e. The molecule has 118 valence electrons. The summed E-state index contributed by atoms with van der Waals surface area (Å²) in [6, 6.07) is 5.78. The lowest BCUT2D eigenvalue weighted by molar-refractivity contribution is -0.116. The van der Waals surface area contributed by atoms with Crippen molar-refractivity contribution in [2.75, 3.05) is 11.9 Å². The standard InChI is InChI=1S/C15H17F2N3O2/c1-10-3-4-13(11(2)7-10)22-6-5-14(21)19-12-8-18-20(9-12)15(16)17/h3-4,7-9,15H,5-6H2,1-2H3,(H,19,21). The van der Waals surface area contributed by atoms with Crippen molar-refractivity contribution in [3.8, 4) is 5.75 Å². The Kier molecular flexibility index (Phi) is 5.08. The first-order chi connectivity index (χ1) is 10.5. The molecule has 2 aromatic rings. The van der Waals surface area contributed by atoms with Gasteiger partial charge in [0.2, 0.25) is 5.91 Å². The quantitative estimate of drug-likeness (QED) is 0.890. The minimum absolute atomic E-state index is 0.118. The van der Waals surface area contributed by atoms with Crippen molar-refractivity contribution in [1.82, 2.24) is 9.78 Å². The van der Waals surface area contributed by atoms with Gasteiger partial charge in [0.15, 0.2) is 0 Å². The van der Waals surface area contributed by atoms with Gasteiger partial charge < -0.3 is 10.1 Å². The fourth-order valence-corrected chi connectivity index (χ4v) is 1.95. The molecule has 0 saturated heterocycles. The Hall–Kier alpha value is -2.44. The maximum absolute atomic E-state index is 12.3. The van der Waals surface area contributed by atoms with Gasteiger partial charge in [0.1, 0.15) is 5.75 Å². The number of hydrogen-bond acceptors (Lipinski definition) is 3. The van der Waals surface area contributed by atoms with Crippen molar-refractivity contribution in [3.05, 3.63) is 41.7 Å². The third-order valence-corrected chi connectivity index (χ3v) is 3.00. The topological polar surface area (TPSA) is 56.1 Å². The number of amides is 1. The summed E-state index contributed by atoms with van der Waals surface area (Å²) in [4.78, 5) is 11.7. The van der Waals surface area contributed by atoms with Gasteiger partial charge in [0.05, 0.1) is 31.1 Å². The van der Waals surface area contributed by atoms with Crippen LogP contribution in [-0.4, -0.2) is 22.3 Å². The second-order valence-electron chi connectivity index (χ2n) is 4.90. The molecule has 1 heterocycles. The highest BCUT2D eigenvalue weighted by atomic mass is 19.3. The minimum atomic E-state index is -2.72. The van der Waals surface area contributed by atoms with Crippen molar-refractivity contribution >= 4 is 11.6 Å². The number of carbonyl (C=O) groups is 1. The van der Waals surface area contributed by atoms with E-state index in [9.17, 15) is 13.6 Å². The molecular formula is C15H17F2N3O2. The summed E-state index contributed by atoms with van der Waals surface area (Å²) in [5, 5.41) is 5.93. The summed E-state index contributed by atoms with van der Waals surface area (Å²) in [6.07, 6.45) is 2.37. The molecule has 0 spiro atoms. The van der Waals surface area contributed by atoms with Crippen LogP contribution >= 0.6 is 0 Å². The maximum Gasteiger partial charge on any atom is 0.333 e. The van der Waals surface area contributed by atoms with E-state index in [1.807, 2.05) is 32.0 Å². The number of benzene rings is 1. The van der Waals surface area contributed by atoms with Gasteiger partial charge in [-0.15, -0.1) is 0 Å². The fraction of sp³-hybridized carbons (Fsp3) is 0.333. The molecule has 5 nitrogen and oxygen atoms in total. The van der Waals surface area contributed by atoms with Crippen LogP contribution < -0.4 is 10.1 Å². The zero-order chi connectivity index (χ0) is 16.1. The summed E-state index contributed by atoms with van der Waals surface area (Å²) >= 11 is 0. The van der Waals surface area contributed by atoms with Crippen molar-refractivity contribution < 1.29 is 18.3 Å². The molecule has 0 bridgehead atoms. The molecule has 0 saturated carbocycles. The van der Waals surface area contributed by atoms with Gasteiger partial charge in [-0.25, -0.2) is 4.68 Å². The molecule has 0 unspecified atom stereocenters. The molecule has 2 rings (SSSR count). The fourth-order valence-electron chi connectivity index (χ4n) is 1.95. The lowest BCUT2D eigenvalue weighted by atomic mass is 10.1. The van der Waals surface area contributed by atoms with Crippen LogP contribution in [0.15, 0.2) is 30.6 Å². The van der Waals surface area contributed by atoms with Crippen molar-refractivity contribution in [2.24, 2.45) is 0 Å². The third kappa shape index (κ3) is 4.28. The van der Waals surface area contributed by atoms with Crippen LogP contribution in [0.2, 0.25) is 0 Å². The summed E-state index contributed by atoms with van der Waals surface area (Å²) in [7, 11) is 0. The lowest BCUT2D eigenvalue weighted by Gasteiger charge is -2.09. The lowest BCUT2D eigenvalue weighted by Crippen LogP contribution is -2.15. The van der Waals surface area contributed by atoms with Gasteiger partial charge in [0.25, 0.3) is 0 Å².